The van der Waals surface area contributed by atoms with Gasteiger partial charge in [0.05, 0.1) is 6.21 Å². The minimum absolute atomic E-state index is 0.0372. The quantitative estimate of drug-likeness (QED) is 0.368. The Labute approximate surface area is 161 Å². The molecule has 6 nitrogen and oxygen atoms in total. The lowest BCUT2D eigenvalue weighted by Gasteiger charge is -2.06. The number of aromatic hydroxyl groups is 2. The van der Waals surface area contributed by atoms with Gasteiger partial charge in [0.15, 0.2) is 0 Å². The number of rotatable bonds is 5. The molecule has 6 heteroatoms. The van der Waals surface area contributed by atoms with E-state index in [0.29, 0.717) is 12.1 Å². The second-order valence-electron chi connectivity index (χ2n) is 6.47. The molecule has 4 rings (SSSR count). The molecule has 0 aliphatic carbocycles. The maximum atomic E-state index is 12.2. The van der Waals surface area contributed by atoms with Gasteiger partial charge in [-0.1, -0.05) is 36.4 Å². The fourth-order valence-electron chi connectivity index (χ4n) is 3.33. The summed E-state index contributed by atoms with van der Waals surface area (Å²) in [5.74, 6) is -0.371. The van der Waals surface area contributed by atoms with Crippen molar-refractivity contribution in [2.24, 2.45) is 5.10 Å². The SMILES string of the molecule is O=C(CCn1c2ccccc2c2ccccc21)NN=Cc1ccc(O)cc1O. The Bertz CT molecular complexity index is 1140. The van der Waals surface area contributed by atoms with Gasteiger partial charge in [0.25, 0.3) is 0 Å². The van der Waals surface area contributed by atoms with Gasteiger partial charge >= 0.3 is 0 Å². The molecule has 3 aromatic carbocycles. The maximum Gasteiger partial charge on any atom is 0.241 e. The van der Waals surface area contributed by atoms with Crippen molar-refractivity contribution in [1.29, 1.82) is 0 Å². The molecule has 0 unspecified atom stereocenters. The van der Waals surface area contributed by atoms with Crippen LogP contribution in [0.5, 0.6) is 11.5 Å². The van der Waals surface area contributed by atoms with Crippen LogP contribution in [0, 0.1) is 0 Å². The molecule has 0 bridgehead atoms. The van der Waals surface area contributed by atoms with Gasteiger partial charge in [-0.2, -0.15) is 5.10 Å². The lowest BCUT2D eigenvalue weighted by Crippen LogP contribution is -2.19. The number of aryl methyl sites for hydroxylation is 1. The minimum Gasteiger partial charge on any atom is -0.508 e. The first-order valence-electron chi connectivity index (χ1n) is 8.93. The van der Waals surface area contributed by atoms with Crippen LogP contribution in [-0.2, 0) is 11.3 Å². The van der Waals surface area contributed by atoms with Crippen LogP contribution >= 0.6 is 0 Å². The van der Waals surface area contributed by atoms with Crippen molar-refractivity contribution in [3.05, 3.63) is 72.3 Å². The first-order valence-corrected chi connectivity index (χ1v) is 8.93. The highest BCUT2D eigenvalue weighted by molar-refractivity contribution is 6.08. The number of nitrogens with one attached hydrogen (secondary N) is 1. The molecular formula is C22H19N3O3. The van der Waals surface area contributed by atoms with Gasteiger partial charge in [0.1, 0.15) is 11.5 Å². The highest BCUT2D eigenvalue weighted by Gasteiger charge is 2.10. The number of para-hydroxylation sites is 2. The summed E-state index contributed by atoms with van der Waals surface area (Å²) in [6, 6.07) is 20.5. The zero-order valence-electron chi connectivity index (χ0n) is 15.0. The smallest absolute Gasteiger partial charge is 0.241 e. The van der Waals surface area contributed by atoms with E-state index < -0.39 is 0 Å². The van der Waals surface area contributed by atoms with Crippen LogP contribution in [-0.4, -0.2) is 26.9 Å². The summed E-state index contributed by atoms with van der Waals surface area (Å²) in [7, 11) is 0. The van der Waals surface area contributed by atoms with Crippen molar-refractivity contribution in [2.45, 2.75) is 13.0 Å². The topological polar surface area (TPSA) is 86.9 Å². The molecule has 0 spiro atoms. The van der Waals surface area contributed by atoms with Gasteiger partial charge in [-0.05, 0) is 24.3 Å². The fourth-order valence-corrected chi connectivity index (χ4v) is 3.33. The van der Waals surface area contributed by atoms with Crippen LogP contribution in [0.3, 0.4) is 0 Å². The molecule has 0 saturated carbocycles. The molecule has 1 aromatic heterocycles. The Morgan fingerprint density at radius 2 is 1.61 bits per heavy atom. The molecule has 28 heavy (non-hydrogen) atoms. The molecule has 140 valence electrons. The summed E-state index contributed by atoms with van der Waals surface area (Å²) in [6.45, 7) is 0.528. The number of carbonyl (C=O) groups excluding carboxylic acids is 1. The number of nitrogens with zero attached hydrogens (tertiary/aromatic N) is 2. The van der Waals surface area contributed by atoms with Gasteiger partial charge in [-0.15, -0.1) is 0 Å². The van der Waals surface area contributed by atoms with Gasteiger partial charge in [-0.3, -0.25) is 4.79 Å². The van der Waals surface area contributed by atoms with E-state index in [1.54, 1.807) is 0 Å². The number of hydrogen-bond donors (Lipinski definition) is 3. The van der Waals surface area contributed by atoms with Crippen LogP contribution in [0.25, 0.3) is 21.8 Å². The summed E-state index contributed by atoms with van der Waals surface area (Å²) in [4.78, 5) is 12.2. The number of aromatic nitrogens is 1. The molecule has 1 amide bonds. The Morgan fingerprint density at radius 3 is 2.25 bits per heavy atom. The Balaban J connectivity index is 1.47. The first-order chi connectivity index (χ1) is 13.6. The molecule has 0 atom stereocenters. The number of amides is 1. The van der Waals surface area contributed by atoms with Crippen molar-refractivity contribution in [2.75, 3.05) is 0 Å². The van der Waals surface area contributed by atoms with Crippen molar-refractivity contribution in [3.63, 3.8) is 0 Å². The second kappa shape index (κ2) is 7.44. The Morgan fingerprint density at radius 1 is 0.964 bits per heavy atom. The number of benzene rings is 3. The highest BCUT2D eigenvalue weighted by atomic mass is 16.3. The number of hydrazone groups is 1. The van der Waals surface area contributed by atoms with E-state index in [1.807, 2.05) is 24.3 Å². The standard InChI is InChI=1S/C22H19N3O3/c26-16-10-9-15(21(27)13-16)14-23-24-22(28)11-12-25-19-7-3-1-5-17(19)18-6-2-4-8-20(18)25/h1-10,13-14,26-27H,11-12H2,(H,24,28). The number of fused-ring (bicyclic) bond motifs is 3. The monoisotopic (exact) mass is 373 g/mol. The summed E-state index contributed by atoms with van der Waals surface area (Å²) >= 11 is 0. The summed E-state index contributed by atoms with van der Waals surface area (Å²) in [5, 5.41) is 25.2. The third-order valence-electron chi connectivity index (χ3n) is 4.65. The molecule has 0 aliphatic heterocycles. The first kappa shape index (κ1) is 17.6. The van der Waals surface area contributed by atoms with Crippen molar-refractivity contribution >= 4 is 33.9 Å². The lowest BCUT2D eigenvalue weighted by molar-refractivity contribution is -0.121. The molecule has 0 aliphatic rings. The normalized spacial score (nSPS) is 11.4. The lowest BCUT2D eigenvalue weighted by atomic mass is 10.2. The van der Waals surface area contributed by atoms with Crippen LogP contribution in [0.2, 0.25) is 0 Å². The summed E-state index contributed by atoms with van der Waals surface area (Å²) in [5.41, 5.74) is 5.06. The number of phenols is 2. The van der Waals surface area contributed by atoms with E-state index in [2.05, 4.69) is 39.4 Å². The Kier molecular flexibility index (Phi) is 4.68. The summed E-state index contributed by atoms with van der Waals surface area (Å²) in [6.07, 6.45) is 1.61. The average Bonchev–Trinajstić information content (AvgIpc) is 3.02. The molecule has 4 aromatic rings. The molecule has 0 fully saturated rings. The predicted octanol–water partition coefficient (Wildman–Crippen LogP) is 3.75. The van der Waals surface area contributed by atoms with Crippen LogP contribution in [0.15, 0.2) is 71.8 Å². The summed E-state index contributed by atoms with van der Waals surface area (Å²) < 4.78 is 2.14. The third kappa shape index (κ3) is 3.40. The van der Waals surface area contributed by atoms with Gasteiger partial charge in [0, 0.05) is 46.4 Å². The number of phenolic OH excluding ortho intramolecular Hbond substituents is 2. The second-order valence-corrected chi connectivity index (χ2v) is 6.47. The van der Waals surface area contributed by atoms with E-state index >= 15 is 0 Å². The van der Waals surface area contributed by atoms with Crippen molar-refractivity contribution in [1.82, 2.24) is 9.99 Å². The van der Waals surface area contributed by atoms with Crippen molar-refractivity contribution < 1.29 is 15.0 Å². The highest BCUT2D eigenvalue weighted by Crippen LogP contribution is 2.28. The van der Waals surface area contributed by atoms with Crippen LogP contribution in [0.1, 0.15) is 12.0 Å². The predicted molar refractivity (Wildman–Crippen MR) is 110 cm³/mol. The molecule has 1 heterocycles. The van der Waals surface area contributed by atoms with Gasteiger partial charge in [-0.25, -0.2) is 5.43 Å². The van der Waals surface area contributed by atoms with Crippen LogP contribution < -0.4 is 5.43 Å². The van der Waals surface area contributed by atoms with E-state index in [1.165, 1.54) is 35.2 Å². The van der Waals surface area contributed by atoms with E-state index in [0.717, 1.165) is 11.0 Å². The minimum atomic E-state index is -0.226. The molecule has 0 saturated heterocycles. The third-order valence-corrected chi connectivity index (χ3v) is 4.65. The Hall–Kier alpha value is -3.80. The largest absolute Gasteiger partial charge is 0.508 e. The zero-order valence-corrected chi connectivity index (χ0v) is 15.0. The van der Waals surface area contributed by atoms with E-state index in [4.69, 9.17) is 0 Å². The fraction of sp³-hybridized carbons (Fsp3) is 0.0909. The van der Waals surface area contributed by atoms with Crippen LogP contribution in [0.4, 0.5) is 0 Å². The van der Waals surface area contributed by atoms with Crippen molar-refractivity contribution in [3.8, 4) is 11.5 Å². The molecule has 3 N–H and O–H groups in total. The van der Waals surface area contributed by atoms with E-state index in [9.17, 15) is 15.0 Å². The molecule has 0 radical (unpaired) electrons. The van der Waals surface area contributed by atoms with E-state index in [-0.39, 0.29) is 23.8 Å². The number of hydrogen-bond acceptors (Lipinski definition) is 4. The number of carbonyl (C=O) groups is 1. The zero-order chi connectivity index (χ0) is 19.5. The average molecular weight is 373 g/mol. The molecular weight excluding hydrogens is 354 g/mol. The maximum absolute atomic E-state index is 12.2. The van der Waals surface area contributed by atoms with Gasteiger partial charge < -0.3 is 14.8 Å². The van der Waals surface area contributed by atoms with Gasteiger partial charge in [0.2, 0.25) is 5.91 Å².